The molecule has 0 fully saturated rings. The molecular formula is C25H34N6O6S. The lowest BCUT2D eigenvalue weighted by Gasteiger charge is -2.26. The van der Waals surface area contributed by atoms with Crippen LogP contribution in [0.1, 0.15) is 69.0 Å². The number of anilines is 1. The molecule has 13 heteroatoms. The average Bonchev–Trinajstić information content (AvgIpc) is 3.55. The Morgan fingerprint density at radius 3 is 2.76 bits per heavy atom. The molecule has 0 radical (unpaired) electrons. The van der Waals surface area contributed by atoms with E-state index < -0.39 is 27.7 Å². The van der Waals surface area contributed by atoms with Gasteiger partial charge in [0.05, 0.1) is 25.0 Å². The number of hydrogen-bond donors (Lipinski definition) is 3. The molecule has 0 saturated carbocycles. The largest absolute Gasteiger partial charge is 0.476 e. The van der Waals surface area contributed by atoms with Crippen LogP contribution < -0.4 is 20.1 Å². The minimum Gasteiger partial charge on any atom is -0.476 e. The van der Waals surface area contributed by atoms with Gasteiger partial charge >= 0.3 is 12.1 Å². The number of amides is 3. The third-order valence-corrected chi connectivity index (χ3v) is 8.30. The second-order valence-corrected chi connectivity index (χ2v) is 12.8. The quantitative estimate of drug-likeness (QED) is 0.517. The summed E-state index contributed by atoms with van der Waals surface area (Å²) in [6, 6.07) is -0.831. The van der Waals surface area contributed by atoms with E-state index in [1.807, 2.05) is 0 Å². The van der Waals surface area contributed by atoms with Gasteiger partial charge in [-0.25, -0.2) is 27.4 Å². The van der Waals surface area contributed by atoms with Crippen molar-refractivity contribution >= 4 is 27.8 Å². The van der Waals surface area contributed by atoms with Gasteiger partial charge in [0.1, 0.15) is 5.60 Å². The normalized spacial score (nSPS) is 20.1. The van der Waals surface area contributed by atoms with Gasteiger partial charge in [0.2, 0.25) is 5.88 Å². The summed E-state index contributed by atoms with van der Waals surface area (Å²) in [5.74, 6) is 0.223. The number of aromatic nitrogens is 3. The number of fused-ring (bicyclic) bond motifs is 3. The summed E-state index contributed by atoms with van der Waals surface area (Å²) in [6.45, 7) is 8.23. The molecule has 2 unspecified atom stereocenters. The van der Waals surface area contributed by atoms with E-state index in [0.29, 0.717) is 18.2 Å². The van der Waals surface area contributed by atoms with Crippen LogP contribution in [0.5, 0.6) is 5.88 Å². The molecule has 1 aliphatic heterocycles. The summed E-state index contributed by atoms with van der Waals surface area (Å²) in [5, 5.41) is 9.66. The van der Waals surface area contributed by atoms with Crippen LogP contribution in [0.25, 0.3) is 0 Å². The van der Waals surface area contributed by atoms with Crippen molar-refractivity contribution in [2.45, 2.75) is 82.8 Å². The van der Waals surface area contributed by atoms with E-state index in [1.54, 1.807) is 20.8 Å². The first-order valence-electron chi connectivity index (χ1n) is 12.9. The zero-order valence-corrected chi connectivity index (χ0v) is 22.9. The van der Waals surface area contributed by atoms with Gasteiger partial charge in [-0.05, 0) is 69.9 Å². The minimum atomic E-state index is -4.26. The Labute approximate surface area is 221 Å². The maximum atomic E-state index is 13.1. The van der Waals surface area contributed by atoms with Crippen LogP contribution in [0.2, 0.25) is 0 Å². The van der Waals surface area contributed by atoms with Gasteiger partial charge in [-0.1, -0.05) is 6.92 Å². The highest BCUT2D eigenvalue weighted by Crippen LogP contribution is 2.41. The maximum Gasteiger partial charge on any atom is 0.407 e. The Bertz CT molecular complexity index is 1380. The topological polar surface area (TPSA) is 154 Å². The number of nitrogens with zero attached hydrogens (tertiary/aromatic N) is 3. The molecule has 2 atom stereocenters. The number of nitrogens with one attached hydrogen (secondary N) is 3. The predicted octanol–water partition coefficient (Wildman–Crippen LogP) is 2.86. The average molecular weight is 547 g/mol. The summed E-state index contributed by atoms with van der Waals surface area (Å²) in [4.78, 5) is 29.5. The van der Waals surface area contributed by atoms with Gasteiger partial charge in [-0.2, -0.15) is 5.10 Å². The number of aryl methyl sites for hydroxylation is 1. The molecule has 0 saturated heterocycles. The highest BCUT2D eigenvalue weighted by atomic mass is 32.2. The lowest BCUT2D eigenvalue weighted by atomic mass is 10.0. The number of urea groups is 1. The summed E-state index contributed by atoms with van der Waals surface area (Å²) >= 11 is 0. The molecule has 0 aromatic carbocycles. The second kappa shape index (κ2) is 9.75. The van der Waals surface area contributed by atoms with Crippen LogP contribution >= 0.6 is 0 Å². The summed E-state index contributed by atoms with van der Waals surface area (Å²) in [7, 11) is -4.26. The molecule has 0 bridgehead atoms. The number of hydrogen-bond acceptors (Lipinski definition) is 8. The Morgan fingerprint density at radius 1 is 1.21 bits per heavy atom. The van der Waals surface area contributed by atoms with E-state index in [4.69, 9.17) is 14.5 Å². The molecule has 3 aliphatic rings. The molecule has 5 rings (SSSR count). The van der Waals surface area contributed by atoms with Crippen LogP contribution in [-0.4, -0.2) is 54.1 Å². The number of sulfonamides is 1. The van der Waals surface area contributed by atoms with Gasteiger partial charge in [0.15, 0.2) is 4.90 Å². The Morgan fingerprint density at radius 2 is 2.00 bits per heavy atom. The third-order valence-electron chi connectivity index (χ3n) is 6.99. The number of rotatable bonds is 5. The zero-order chi connectivity index (χ0) is 27.2. The molecule has 38 heavy (non-hydrogen) atoms. The van der Waals surface area contributed by atoms with Gasteiger partial charge in [0.25, 0.3) is 10.0 Å². The number of ether oxygens (including phenoxy) is 2. The van der Waals surface area contributed by atoms with Crippen LogP contribution in [-0.2, 0) is 40.6 Å². The molecule has 0 spiro atoms. The molecular weight excluding hydrogens is 512 g/mol. The number of pyridine rings is 1. The van der Waals surface area contributed by atoms with E-state index >= 15 is 0 Å². The molecule has 3 amide bonds. The molecule has 3 heterocycles. The number of carbonyl (C=O) groups excluding carboxylic acids is 2. The van der Waals surface area contributed by atoms with E-state index in [9.17, 15) is 18.0 Å². The maximum absolute atomic E-state index is 13.1. The zero-order valence-electron chi connectivity index (χ0n) is 22.1. The third kappa shape index (κ3) is 5.29. The molecule has 2 aromatic heterocycles. The predicted molar refractivity (Wildman–Crippen MR) is 138 cm³/mol. The van der Waals surface area contributed by atoms with E-state index in [1.165, 1.54) is 4.68 Å². The first-order valence-corrected chi connectivity index (χ1v) is 14.4. The van der Waals surface area contributed by atoms with E-state index in [2.05, 4.69) is 27.4 Å². The van der Waals surface area contributed by atoms with E-state index in [-0.39, 0.29) is 29.8 Å². The minimum absolute atomic E-state index is 0.0540. The van der Waals surface area contributed by atoms with Crippen LogP contribution in [0.4, 0.5) is 15.3 Å². The second-order valence-electron chi connectivity index (χ2n) is 11.2. The highest BCUT2D eigenvalue weighted by Gasteiger charge is 2.33. The smallest absolute Gasteiger partial charge is 0.407 e. The fourth-order valence-corrected chi connectivity index (χ4v) is 6.23. The lowest BCUT2D eigenvalue weighted by Crippen LogP contribution is -2.39. The summed E-state index contributed by atoms with van der Waals surface area (Å²) < 4.78 is 40.7. The number of carbonyl (C=O) groups is 2. The van der Waals surface area contributed by atoms with Crippen molar-refractivity contribution in [3.8, 4) is 5.88 Å². The van der Waals surface area contributed by atoms with Crippen molar-refractivity contribution < 1.29 is 27.5 Å². The van der Waals surface area contributed by atoms with Crippen LogP contribution in [0.3, 0.4) is 0 Å². The van der Waals surface area contributed by atoms with Crippen LogP contribution in [0, 0.1) is 5.92 Å². The Hall–Kier alpha value is -3.35. The Kier molecular flexibility index (Phi) is 6.74. The van der Waals surface area contributed by atoms with Crippen molar-refractivity contribution in [2.75, 3.05) is 18.5 Å². The van der Waals surface area contributed by atoms with Crippen molar-refractivity contribution in [1.29, 1.82) is 0 Å². The Balaban J connectivity index is 1.25. The van der Waals surface area contributed by atoms with Crippen molar-refractivity contribution in [3.05, 3.63) is 28.7 Å². The summed E-state index contributed by atoms with van der Waals surface area (Å²) in [5.41, 5.74) is 4.09. The molecule has 12 nitrogen and oxygen atoms in total. The monoisotopic (exact) mass is 546 g/mol. The highest BCUT2D eigenvalue weighted by molar-refractivity contribution is 7.90. The van der Waals surface area contributed by atoms with Gasteiger partial charge in [-0.3, -0.25) is 4.98 Å². The van der Waals surface area contributed by atoms with Gasteiger partial charge in [0, 0.05) is 23.9 Å². The molecule has 2 aliphatic carbocycles. The molecule has 206 valence electrons. The first kappa shape index (κ1) is 26.3. The first-order chi connectivity index (χ1) is 17.9. The number of alkyl carbamates (subject to hydrolysis) is 1. The fourth-order valence-electron chi connectivity index (χ4n) is 5.25. The molecule has 3 N–H and O–H groups in total. The van der Waals surface area contributed by atoms with Crippen molar-refractivity contribution in [1.82, 2.24) is 24.8 Å². The van der Waals surface area contributed by atoms with Gasteiger partial charge in [-0.15, -0.1) is 0 Å². The SMILES string of the molecule is CC1CCc2c1nc1c(c2NC(=O)NS(=O)(=O)c2cnn3c2OCC(CNC(=O)OC(C)(C)C)C3)CCC1. The molecule has 2 aromatic rings. The fraction of sp³-hybridized carbons (Fsp3) is 0.600. The standard InChI is InChI=1S/C25H34N6O6S/c1-14-8-9-17-20(14)28-18-7-5-6-16(18)21(17)29-23(32)30-38(34,35)19-11-27-31-12-15(13-36-22(19)31)10-26-24(33)37-25(2,3)4/h11,14-15H,5-10,12-13H2,1-4H3,(H,26,33)(H2,28,29,30,32). The van der Waals surface area contributed by atoms with E-state index in [0.717, 1.165) is 60.8 Å². The summed E-state index contributed by atoms with van der Waals surface area (Å²) in [6.07, 6.45) is 5.00. The van der Waals surface area contributed by atoms with Crippen molar-refractivity contribution in [2.24, 2.45) is 5.92 Å². The van der Waals surface area contributed by atoms with Crippen molar-refractivity contribution in [3.63, 3.8) is 0 Å². The lowest BCUT2D eigenvalue weighted by molar-refractivity contribution is 0.0502. The van der Waals surface area contributed by atoms with Gasteiger partial charge < -0.3 is 20.1 Å². The van der Waals surface area contributed by atoms with Crippen LogP contribution in [0.15, 0.2) is 11.1 Å².